The number of nitrogens with zero attached hydrogens (tertiary/aromatic N) is 4. The maximum absolute atomic E-state index is 12.0. The van der Waals surface area contributed by atoms with Crippen LogP contribution in [0.3, 0.4) is 0 Å². The van der Waals surface area contributed by atoms with Gasteiger partial charge in [0.1, 0.15) is 0 Å². The van der Waals surface area contributed by atoms with Crippen molar-refractivity contribution in [3.8, 4) is 55.9 Å². The van der Waals surface area contributed by atoms with Gasteiger partial charge in [-0.25, -0.2) is 0 Å². The van der Waals surface area contributed by atoms with Crippen LogP contribution in [0.1, 0.15) is 99.8 Å². The summed E-state index contributed by atoms with van der Waals surface area (Å²) in [6.07, 6.45) is 2.33. The lowest BCUT2D eigenvalue weighted by atomic mass is 9.36. The van der Waals surface area contributed by atoms with E-state index >= 15 is 0 Å². The molecule has 15 aromatic carbocycles. The van der Waals surface area contributed by atoms with Gasteiger partial charge in [-0.05, 0) is 202 Å². The number of benzene rings is 15. The normalized spacial score (nSPS) is 13.7. The van der Waals surface area contributed by atoms with Crippen LogP contribution in [0.5, 0.6) is 0 Å². The Hall–Kier alpha value is -12.5. The van der Waals surface area contributed by atoms with Crippen LogP contribution in [0.25, 0.3) is 132 Å². The maximum Gasteiger partial charge on any atom is 0.264 e. The van der Waals surface area contributed by atoms with Crippen LogP contribution >= 0.6 is 11.3 Å². The molecule has 4 nitrogen and oxygen atoms in total. The van der Waals surface area contributed by atoms with E-state index in [1.54, 1.807) is 11.3 Å². The van der Waals surface area contributed by atoms with Gasteiger partial charge >= 0.3 is 0 Å². The van der Waals surface area contributed by atoms with Crippen molar-refractivity contribution in [3.63, 3.8) is 0 Å². The van der Waals surface area contributed by atoms with Gasteiger partial charge in [0, 0.05) is 87.1 Å². The topological polar surface area (TPSA) is 16.3 Å². The molecule has 526 valence electrons. The van der Waals surface area contributed by atoms with Crippen molar-refractivity contribution in [3.05, 3.63) is 355 Å². The van der Waals surface area contributed by atoms with E-state index in [9.17, 15) is 4.11 Å². The number of thiophene rings is 1. The van der Waals surface area contributed by atoms with Crippen LogP contribution in [-0.4, -0.2) is 15.8 Å². The molecule has 0 saturated carbocycles. The highest BCUT2D eigenvalue weighted by atomic mass is 32.1. The van der Waals surface area contributed by atoms with E-state index in [0.717, 1.165) is 154 Å². The van der Waals surface area contributed by atoms with Crippen LogP contribution in [0, 0.1) is 0 Å². The van der Waals surface area contributed by atoms with E-state index in [0.29, 0.717) is 16.8 Å². The Morgan fingerprint density at radius 3 is 1.32 bits per heavy atom. The van der Waals surface area contributed by atoms with Crippen molar-refractivity contribution in [2.75, 3.05) is 9.80 Å². The van der Waals surface area contributed by atoms with Gasteiger partial charge in [0.2, 0.25) is 0 Å². The highest BCUT2D eigenvalue weighted by Crippen LogP contribution is 2.57. The molecular weight excluding hydrogens is 1350 g/mol. The Balaban J connectivity index is 0.938. The fraction of sp³-hybridized carbons (Fsp3) is 0.115. The number of para-hydroxylation sites is 3. The largest absolute Gasteiger partial charge is 0.310 e. The first kappa shape index (κ1) is 62.6. The second kappa shape index (κ2) is 24.5. The van der Waals surface area contributed by atoms with Crippen LogP contribution in [0.2, 0.25) is 0 Å². The Morgan fingerprint density at radius 2 is 0.791 bits per heavy atom. The third kappa shape index (κ3) is 10.2. The molecule has 18 aromatic rings. The third-order valence-corrected chi connectivity index (χ3v) is 24.8. The lowest BCUT2D eigenvalue weighted by Gasteiger charge is -2.46. The number of rotatable bonds is 9. The molecule has 2 aliphatic heterocycles. The highest BCUT2D eigenvalue weighted by molar-refractivity contribution is 7.33. The van der Waals surface area contributed by atoms with Crippen molar-refractivity contribution < 1.29 is 4.11 Å². The molecule has 5 heterocycles. The summed E-state index contributed by atoms with van der Waals surface area (Å²) in [5.41, 5.74) is 27.9. The Kier molecular flexibility index (Phi) is 13.9. The summed E-state index contributed by atoms with van der Waals surface area (Å²) in [6.45, 7) is 20.2. The van der Waals surface area contributed by atoms with E-state index in [4.69, 9.17) is 0 Å². The molecule has 3 aromatic heterocycles. The van der Waals surface area contributed by atoms with E-state index in [-0.39, 0.29) is 29.0 Å². The summed E-state index contributed by atoms with van der Waals surface area (Å²) < 4.78 is 41.5. The maximum atomic E-state index is 12.0. The molecule has 0 bridgehead atoms. The first-order valence-electron chi connectivity index (χ1n) is 40.1. The fourth-order valence-electron chi connectivity index (χ4n) is 18.1. The standard InChI is InChI=1S/C104H81BN4S/c1-102(2,3)71-56-82(64-30-14-10-15-31-64)98(83(57-71)65-32-16-11-17-33-65)108-92-62-74(106-90-47-27-24-43-78(90)86-54-69(48-53-91(86)106)81-55-70-40-28-38-68-39-29-44-79(81)96(68)70)50-52-87(92)105-97-93(108)60-73(104(7,8)9)61-94(97)109(99-84(66-34-18-12-19-35-66)58-72(103(4,5)6)59-85(99)67-36-20-13-21-37-67)100-80-51-49-75(63-95(80)110-101(100)105)107-88-45-25-22-41-76(88)77-42-23-26-46-89(77)107/h10-63H,1-9H3/i50D,52D,62D. The molecule has 0 amide bonds. The van der Waals surface area contributed by atoms with Gasteiger partial charge in [-0.15, -0.1) is 11.3 Å². The average molecular weight is 1430 g/mol. The van der Waals surface area contributed by atoms with E-state index < -0.39 is 12.1 Å². The summed E-state index contributed by atoms with van der Waals surface area (Å²) in [5, 5.41) is 7.93. The molecule has 0 radical (unpaired) electrons. The minimum atomic E-state index is -0.673. The first-order chi connectivity index (χ1) is 54.7. The monoisotopic (exact) mass is 1430 g/mol. The van der Waals surface area contributed by atoms with Crippen LogP contribution in [0.15, 0.2) is 321 Å². The van der Waals surface area contributed by atoms with Crippen LogP contribution in [-0.2, 0) is 16.2 Å². The molecule has 0 spiro atoms. The second-order valence-corrected chi connectivity index (χ2v) is 34.4. The van der Waals surface area contributed by atoms with Crippen molar-refractivity contribution in [2.24, 2.45) is 0 Å². The zero-order valence-electron chi connectivity index (χ0n) is 66.2. The summed E-state index contributed by atoms with van der Waals surface area (Å²) in [7, 11) is 0. The van der Waals surface area contributed by atoms with Gasteiger partial charge in [0.25, 0.3) is 6.71 Å². The molecule has 3 aliphatic rings. The predicted molar refractivity (Wildman–Crippen MR) is 473 cm³/mol. The number of aromatic nitrogens is 2. The van der Waals surface area contributed by atoms with Crippen LogP contribution < -0.4 is 25.5 Å². The third-order valence-electron chi connectivity index (χ3n) is 23.6. The molecule has 0 unspecified atom stereocenters. The highest BCUT2D eigenvalue weighted by Gasteiger charge is 2.48. The van der Waals surface area contributed by atoms with Gasteiger partial charge in [-0.2, -0.15) is 0 Å². The summed E-state index contributed by atoms with van der Waals surface area (Å²) in [4.78, 5) is 5.08. The van der Waals surface area contributed by atoms with Crippen molar-refractivity contribution in [1.82, 2.24) is 9.13 Å². The van der Waals surface area contributed by atoms with E-state index in [1.807, 2.05) is 0 Å². The van der Waals surface area contributed by atoms with Crippen molar-refractivity contribution in [1.29, 1.82) is 0 Å². The summed E-state index contributed by atoms with van der Waals surface area (Å²) in [6, 6.07) is 111. The molecular formula is C104H81BN4S. The molecule has 0 saturated heterocycles. The number of hydrogen-bond donors (Lipinski definition) is 0. The van der Waals surface area contributed by atoms with Gasteiger partial charge in [-0.1, -0.05) is 287 Å². The minimum Gasteiger partial charge on any atom is -0.310 e. The van der Waals surface area contributed by atoms with Gasteiger partial charge in [0.15, 0.2) is 0 Å². The summed E-state index contributed by atoms with van der Waals surface area (Å²) >= 11 is 1.79. The molecule has 0 atom stereocenters. The van der Waals surface area contributed by atoms with Gasteiger partial charge in [-0.3, -0.25) is 0 Å². The molecule has 0 fully saturated rings. The smallest absolute Gasteiger partial charge is 0.264 e. The zero-order valence-corrected chi connectivity index (χ0v) is 64.0. The molecule has 6 heteroatoms. The van der Waals surface area contributed by atoms with E-state index in [2.05, 4.69) is 391 Å². The Bertz CT molecular complexity index is 6910. The quantitative estimate of drug-likeness (QED) is 0.134. The Morgan fingerprint density at radius 1 is 0.336 bits per heavy atom. The lowest BCUT2D eigenvalue weighted by molar-refractivity contribution is 0.590. The van der Waals surface area contributed by atoms with Gasteiger partial charge in [0.05, 0.1) is 43.2 Å². The first-order valence-corrected chi connectivity index (χ1v) is 39.4. The van der Waals surface area contributed by atoms with Gasteiger partial charge < -0.3 is 18.9 Å². The fourth-order valence-corrected chi connectivity index (χ4v) is 19.5. The predicted octanol–water partition coefficient (Wildman–Crippen LogP) is 26.8. The van der Waals surface area contributed by atoms with Crippen molar-refractivity contribution in [2.45, 2.75) is 78.6 Å². The average Bonchev–Trinajstić information content (AvgIpc) is 1.66. The lowest BCUT2D eigenvalue weighted by Crippen LogP contribution is -2.60. The van der Waals surface area contributed by atoms with Crippen LogP contribution in [0.4, 0.5) is 34.1 Å². The molecule has 0 N–H and O–H groups in total. The van der Waals surface area contributed by atoms with Crippen molar-refractivity contribution >= 4 is 144 Å². The second-order valence-electron chi connectivity index (χ2n) is 33.3. The van der Waals surface area contributed by atoms with E-state index in [1.165, 1.54) is 38.2 Å². The molecule has 1 aliphatic carbocycles. The number of hydrogen-bond acceptors (Lipinski definition) is 3. The molecule has 110 heavy (non-hydrogen) atoms. The SMILES string of the molecule is [2H]c1c([2H])c(-n2c3ccccc3c3cc(C4=Cc5cccc6cccc4c56)ccc32)c([2H])c2c1B1c3sc4cc(-n5c6ccccc6c6ccccc65)ccc4c3N(c3c(-c4ccccc4)cc(C(C)(C)C)cc3-c3ccccc3)c3cc(C(C)(C)C)cc(c31)N2c1c(-c2ccccc2)cc(C(C)(C)C)cc1-c1ccccc1. The number of fused-ring (bicyclic) bond motifs is 12. The minimum absolute atomic E-state index is 0.0127. The number of anilines is 6. The Labute approximate surface area is 652 Å². The summed E-state index contributed by atoms with van der Waals surface area (Å²) in [5.74, 6) is 0. The molecule has 21 rings (SSSR count). The zero-order chi connectivity index (χ0) is 76.8.